The first-order valence-electron chi connectivity index (χ1n) is 23.8. The Morgan fingerprint density at radius 2 is 0.741 bits per heavy atom. The monoisotopic (exact) mass is 805 g/mol. The molecule has 0 aromatic rings. The van der Waals surface area contributed by atoms with Crippen LogP contribution < -0.4 is 0 Å². The molecular formula is C53H88O5. The van der Waals surface area contributed by atoms with E-state index in [2.05, 4.69) is 111 Å². The molecule has 0 radical (unpaired) electrons. The van der Waals surface area contributed by atoms with Crippen molar-refractivity contribution in [3.63, 3.8) is 0 Å². The van der Waals surface area contributed by atoms with Crippen molar-refractivity contribution in [2.24, 2.45) is 0 Å². The Labute approximate surface area is 358 Å². The highest BCUT2D eigenvalue weighted by atomic mass is 16.6. The summed E-state index contributed by atoms with van der Waals surface area (Å²) in [4.78, 5) is 24.4. The average molecular weight is 805 g/mol. The quantitative estimate of drug-likeness (QED) is 0.0378. The van der Waals surface area contributed by atoms with Gasteiger partial charge in [0.15, 0.2) is 6.10 Å². The first-order chi connectivity index (χ1) is 28.6. The van der Waals surface area contributed by atoms with E-state index in [1.54, 1.807) is 0 Å². The van der Waals surface area contributed by atoms with E-state index in [1.807, 2.05) is 0 Å². The summed E-state index contributed by atoms with van der Waals surface area (Å²) in [6, 6.07) is 0. The van der Waals surface area contributed by atoms with E-state index in [-0.39, 0.29) is 25.2 Å². The summed E-state index contributed by atoms with van der Waals surface area (Å²) >= 11 is 0. The van der Waals surface area contributed by atoms with E-state index >= 15 is 0 Å². The summed E-state index contributed by atoms with van der Waals surface area (Å²) in [7, 11) is 0. The molecule has 0 rings (SSSR count). The van der Waals surface area contributed by atoms with E-state index < -0.39 is 6.10 Å². The van der Waals surface area contributed by atoms with Gasteiger partial charge >= 0.3 is 11.9 Å². The topological polar surface area (TPSA) is 72.8 Å². The third-order valence-corrected chi connectivity index (χ3v) is 9.89. The van der Waals surface area contributed by atoms with Crippen molar-refractivity contribution in [2.45, 2.75) is 213 Å². The Morgan fingerprint density at radius 1 is 0.414 bits per heavy atom. The summed E-state index contributed by atoms with van der Waals surface area (Å²) in [5.74, 6) is -0.643. The lowest BCUT2D eigenvalue weighted by Crippen LogP contribution is -2.28. The molecule has 0 heterocycles. The van der Waals surface area contributed by atoms with Crippen LogP contribution in [0.5, 0.6) is 0 Å². The average Bonchev–Trinajstić information content (AvgIpc) is 3.23. The molecule has 1 N–H and O–H groups in total. The fourth-order valence-electron chi connectivity index (χ4n) is 6.33. The van der Waals surface area contributed by atoms with Crippen molar-refractivity contribution in [3.05, 3.63) is 97.2 Å². The molecule has 0 aromatic heterocycles. The molecule has 0 saturated carbocycles. The molecular weight excluding hydrogens is 717 g/mol. The lowest BCUT2D eigenvalue weighted by atomic mass is 10.0. The number of allylic oxidation sites excluding steroid dienone is 16. The van der Waals surface area contributed by atoms with E-state index in [0.717, 1.165) is 89.9 Å². The van der Waals surface area contributed by atoms with Crippen LogP contribution in [-0.2, 0) is 19.1 Å². The Kier molecular flexibility index (Phi) is 45.5. The number of unbranched alkanes of at least 4 members (excludes halogenated alkanes) is 18. The third-order valence-electron chi connectivity index (χ3n) is 9.89. The van der Waals surface area contributed by atoms with E-state index in [4.69, 9.17) is 9.47 Å². The predicted molar refractivity (Wildman–Crippen MR) is 251 cm³/mol. The van der Waals surface area contributed by atoms with Gasteiger partial charge in [0, 0.05) is 12.8 Å². The number of carbonyl (C=O) groups is 2. The summed E-state index contributed by atoms with van der Waals surface area (Å²) < 4.78 is 10.6. The zero-order valence-corrected chi connectivity index (χ0v) is 37.5. The van der Waals surface area contributed by atoms with Crippen LogP contribution >= 0.6 is 0 Å². The Morgan fingerprint density at radius 3 is 1.12 bits per heavy atom. The standard InChI is InChI=1S/C53H88O5/c1-3-5-7-9-11-13-15-17-19-21-22-23-24-25-26-27-28-29-30-32-34-36-38-40-42-44-46-48-53(56)58-51(49-54)50-57-52(55)47-45-43-41-39-37-35-33-31-20-18-16-14-12-10-8-6-4-2/h5,7,11,13,17,19,22-23,25-26,28-29,32,34,38,40,51,54H,3-4,6,8-10,12,14-16,18,20-21,24,27,30-31,33,35-37,39,41-50H2,1-2H3/b7-5-,13-11-,19-17-,23-22-,26-25-,29-28-,34-32-,40-38-. The van der Waals surface area contributed by atoms with Gasteiger partial charge in [-0.1, -0.05) is 214 Å². The van der Waals surface area contributed by atoms with Crippen molar-refractivity contribution in [1.29, 1.82) is 0 Å². The van der Waals surface area contributed by atoms with Crippen LogP contribution in [0.1, 0.15) is 206 Å². The molecule has 5 heteroatoms. The molecule has 0 fully saturated rings. The number of rotatable bonds is 42. The number of hydrogen-bond donors (Lipinski definition) is 1. The highest BCUT2D eigenvalue weighted by molar-refractivity contribution is 5.70. The minimum Gasteiger partial charge on any atom is -0.462 e. The zero-order valence-electron chi connectivity index (χ0n) is 37.5. The SMILES string of the molecule is CC/C=C\C/C=C\C/C=C\C/C=C\C/C=C\C/C=C\C/C=C\C/C=C\CCCCC(=O)OC(CO)COC(=O)CCCCCCCCCCCCCCCCCCC. The fourth-order valence-corrected chi connectivity index (χ4v) is 6.33. The molecule has 0 bridgehead atoms. The minimum absolute atomic E-state index is 0.0869. The summed E-state index contributed by atoms with van der Waals surface area (Å²) in [6.07, 6.45) is 67.7. The van der Waals surface area contributed by atoms with E-state index in [9.17, 15) is 14.7 Å². The molecule has 0 aliphatic carbocycles. The molecule has 1 unspecified atom stereocenters. The van der Waals surface area contributed by atoms with Gasteiger partial charge in [0.1, 0.15) is 6.61 Å². The van der Waals surface area contributed by atoms with Crippen LogP contribution in [0.15, 0.2) is 97.2 Å². The molecule has 0 aliphatic rings. The molecule has 1 atom stereocenters. The first kappa shape index (κ1) is 54.8. The van der Waals surface area contributed by atoms with E-state index in [1.165, 1.54) is 89.9 Å². The maximum absolute atomic E-state index is 12.2. The van der Waals surface area contributed by atoms with Gasteiger partial charge in [0.2, 0.25) is 0 Å². The molecule has 0 spiro atoms. The van der Waals surface area contributed by atoms with E-state index in [0.29, 0.717) is 12.8 Å². The molecule has 330 valence electrons. The van der Waals surface area contributed by atoms with Gasteiger partial charge in [-0.3, -0.25) is 9.59 Å². The number of carbonyl (C=O) groups excluding carboxylic acids is 2. The summed E-state index contributed by atoms with van der Waals surface area (Å²) in [5.41, 5.74) is 0. The highest BCUT2D eigenvalue weighted by Crippen LogP contribution is 2.15. The molecule has 0 aliphatic heterocycles. The number of esters is 2. The molecule has 58 heavy (non-hydrogen) atoms. The molecule has 0 saturated heterocycles. The van der Waals surface area contributed by atoms with Crippen LogP contribution in [0.2, 0.25) is 0 Å². The summed E-state index contributed by atoms with van der Waals surface area (Å²) in [5, 5.41) is 9.60. The maximum Gasteiger partial charge on any atom is 0.306 e. The van der Waals surface area contributed by atoms with Crippen LogP contribution in [-0.4, -0.2) is 36.4 Å². The molecule has 0 amide bonds. The fraction of sp³-hybridized carbons (Fsp3) is 0.660. The van der Waals surface area contributed by atoms with Crippen molar-refractivity contribution < 1.29 is 24.2 Å². The van der Waals surface area contributed by atoms with Gasteiger partial charge in [-0.05, 0) is 77.0 Å². The van der Waals surface area contributed by atoms with Crippen molar-refractivity contribution in [1.82, 2.24) is 0 Å². The largest absolute Gasteiger partial charge is 0.462 e. The number of aliphatic hydroxyl groups excluding tert-OH is 1. The maximum atomic E-state index is 12.2. The van der Waals surface area contributed by atoms with Crippen molar-refractivity contribution in [3.8, 4) is 0 Å². The summed E-state index contributed by atoms with van der Waals surface area (Å²) in [6.45, 7) is 3.99. The Bertz CT molecular complexity index is 1140. The lowest BCUT2D eigenvalue weighted by Gasteiger charge is -2.15. The van der Waals surface area contributed by atoms with Crippen LogP contribution in [0, 0.1) is 0 Å². The second-order valence-corrected chi connectivity index (χ2v) is 15.5. The highest BCUT2D eigenvalue weighted by Gasteiger charge is 2.16. The minimum atomic E-state index is -0.799. The number of ether oxygens (including phenoxy) is 2. The van der Waals surface area contributed by atoms with Crippen LogP contribution in [0.4, 0.5) is 0 Å². The van der Waals surface area contributed by atoms with Gasteiger partial charge in [0.05, 0.1) is 6.61 Å². The van der Waals surface area contributed by atoms with Gasteiger partial charge < -0.3 is 14.6 Å². The van der Waals surface area contributed by atoms with Crippen molar-refractivity contribution in [2.75, 3.05) is 13.2 Å². The van der Waals surface area contributed by atoms with Gasteiger partial charge in [-0.25, -0.2) is 0 Å². The zero-order chi connectivity index (χ0) is 42.1. The number of hydrogen-bond acceptors (Lipinski definition) is 5. The Balaban J connectivity index is 3.67. The second-order valence-electron chi connectivity index (χ2n) is 15.5. The van der Waals surface area contributed by atoms with Gasteiger partial charge in [-0.15, -0.1) is 0 Å². The smallest absolute Gasteiger partial charge is 0.306 e. The molecule has 0 aromatic carbocycles. The van der Waals surface area contributed by atoms with Crippen molar-refractivity contribution >= 4 is 11.9 Å². The lowest BCUT2D eigenvalue weighted by molar-refractivity contribution is -0.161. The predicted octanol–water partition coefficient (Wildman–Crippen LogP) is 15.6. The number of aliphatic hydroxyl groups is 1. The Hall–Kier alpha value is -3.18. The first-order valence-corrected chi connectivity index (χ1v) is 23.8. The second kappa shape index (κ2) is 48.2. The van der Waals surface area contributed by atoms with Gasteiger partial charge in [-0.2, -0.15) is 0 Å². The normalized spacial score (nSPS) is 13.1. The third kappa shape index (κ3) is 45.5. The molecule has 5 nitrogen and oxygen atoms in total. The van der Waals surface area contributed by atoms with Gasteiger partial charge in [0.25, 0.3) is 0 Å². The van der Waals surface area contributed by atoms with Crippen LogP contribution in [0.3, 0.4) is 0 Å². The van der Waals surface area contributed by atoms with Crippen LogP contribution in [0.25, 0.3) is 0 Å².